The Hall–Kier alpha value is -2.43. The number of fused-ring (bicyclic) bond motifs is 2. The Bertz CT molecular complexity index is 1270. The van der Waals surface area contributed by atoms with E-state index in [1.165, 1.54) is 0 Å². The molecule has 0 bridgehead atoms. The molecule has 6 rings (SSSR count). The van der Waals surface area contributed by atoms with Gasteiger partial charge in [0.15, 0.2) is 0 Å². The van der Waals surface area contributed by atoms with Gasteiger partial charge >= 0.3 is 0 Å². The zero-order valence-corrected chi connectivity index (χ0v) is 20.0. The first kappa shape index (κ1) is 21.1. The molecule has 11 heteroatoms. The first-order valence-electron chi connectivity index (χ1n) is 11.3. The molecule has 1 saturated heterocycles. The lowest BCUT2D eigenvalue weighted by atomic mass is 10.2. The summed E-state index contributed by atoms with van der Waals surface area (Å²) in [4.78, 5) is 19.6. The number of hydrogen-bond acceptors (Lipinski definition) is 8. The van der Waals surface area contributed by atoms with E-state index in [9.17, 15) is 9.32 Å². The van der Waals surface area contributed by atoms with Crippen molar-refractivity contribution in [3.05, 3.63) is 28.9 Å². The van der Waals surface area contributed by atoms with E-state index in [1.807, 2.05) is 25.2 Å². The van der Waals surface area contributed by atoms with Gasteiger partial charge in [-0.05, 0) is 31.0 Å². The zero-order chi connectivity index (χ0) is 22.7. The summed E-state index contributed by atoms with van der Waals surface area (Å²) in [6.45, 7) is 3.16. The number of aryl methyl sites for hydroxylation is 2. The summed E-state index contributed by atoms with van der Waals surface area (Å²) >= 11 is 6.17. The third-order valence-corrected chi connectivity index (χ3v) is 8.57. The lowest BCUT2D eigenvalue weighted by molar-refractivity contribution is 0.265. The second-order valence-electron chi connectivity index (χ2n) is 9.09. The van der Waals surface area contributed by atoms with Crippen LogP contribution in [0.4, 0.5) is 17.7 Å². The number of aliphatic hydroxyl groups excluding tert-OH is 1. The highest BCUT2D eigenvalue weighted by Crippen LogP contribution is 2.41. The van der Waals surface area contributed by atoms with E-state index in [1.54, 1.807) is 0 Å². The number of hydrogen-bond donors (Lipinski definition) is 2. The largest absolute Gasteiger partial charge is 0.394 e. The SMILES string of the molecule is Cn1c(N2CCN(c3nc4c(c(NC5(CO)CC5)n3)S(=O)CC4)CC2)nc2ccc(Cl)cc21. The number of aliphatic hydroxyl groups is 1. The number of halogens is 1. The standard InChI is InChI=1S/C22H26ClN7O2S/c1-28-17-12-14(23)2-3-15(17)25-21(28)30-9-7-29(8-10-30)20-24-16-4-11-33(32)18(16)19(26-20)27-22(13-31)5-6-22/h2-3,12,31H,4-11,13H2,1H3,(H,24,26,27). The van der Waals surface area contributed by atoms with Crippen LogP contribution >= 0.6 is 11.6 Å². The van der Waals surface area contributed by atoms with Gasteiger partial charge in [0.2, 0.25) is 11.9 Å². The van der Waals surface area contributed by atoms with E-state index in [4.69, 9.17) is 26.6 Å². The van der Waals surface area contributed by atoms with Crippen molar-refractivity contribution in [2.45, 2.75) is 29.7 Å². The molecule has 1 atom stereocenters. The number of imidazole rings is 1. The number of nitrogens with zero attached hydrogens (tertiary/aromatic N) is 6. The van der Waals surface area contributed by atoms with Crippen LogP contribution in [0.15, 0.2) is 23.1 Å². The van der Waals surface area contributed by atoms with Gasteiger partial charge in [0.05, 0.1) is 39.7 Å². The van der Waals surface area contributed by atoms with E-state index >= 15 is 0 Å². The topological polar surface area (TPSA) is 99.4 Å². The summed E-state index contributed by atoms with van der Waals surface area (Å²) in [5, 5.41) is 13.9. The Morgan fingerprint density at radius 1 is 1.15 bits per heavy atom. The fourth-order valence-corrected chi connectivity index (χ4v) is 6.15. The van der Waals surface area contributed by atoms with Crippen molar-refractivity contribution in [2.24, 2.45) is 7.05 Å². The maximum absolute atomic E-state index is 12.6. The van der Waals surface area contributed by atoms with Crippen molar-refractivity contribution in [3.8, 4) is 0 Å². The van der Waals surface area contributed by atoms with E-state index in [0.29, 0.717) is 29.0 Å². The average molecular weight is 488 g/mol. The maximum atomic E-state index is 12.6. The molecule has 33 heavy (non-hydrogen) atoms. The molecule has 0 spiro atoms. The Morgan fingerprint density at radius 2 is 1.91 bits per heavy atom. The van der Waals surface area contributed by atoms with E-state index in [0.717, 1.165) is 66.6 Å². The molecule has 1 aromatic carbocycles. The van der Waals surface area contributed by atoms with Gasteiger partial charge in [-0.3, -0.25) is 4.21 Å². The fourth-order valence-electron chi connectivity index (χ4n) is 4.67. The molecule has 2 aliphatic heterocycles. The number of aromatic nitrogens is 4. The van der Waals surface area contributed by atoms with Crippen molar-refractivity contribution >= 4 is 51.1 Å². The summed E-state index contributed by atoms with van der Waals surface area (Å²) in [6.07, 6.45) is 2.49. The molecule has 2 N–H and O–H groups in total. The summed E-state index contributed by atoms with van der Waals surface area (Å²) < 4.78 is 14.7. The second-order valence-corrected chi connectivity index (χ2v) is 11.0. The monoisotopic (exact) mass is 487 g/mol. The van der Waals surface area contributed by atoms with Crippen molar-refractivity contribution in [3.63, 3.8) is 0 Å². The Morgan fingerprint density at radius 3 is 2.64 bits per heavy atom. The molecule has 4 heterocycles. The molecular weight excluding hydrogens is 462 g/mol. The summed E-state index contributed by atoms with van der Waals surface area (Å²) in [7, 11) is 0.927. The first-order valence-corrected chi connectivity index (χ1v) is 13.0. The normalized spacial score (nSPS) is 21.5. The van der Waals surface area contributed by atoms with Gasteiger partial charge in [-0.1, -0.05) is 11.6 Å². The molecule has 3 aromatic rings. The number of piperazine rings is 1. The molecule has 2 aromatic heterocycles. The van der Waals surface area contributed by atoms with Crippen molar-refractivity contribution in [1.29, 1.82) is 0 Å². The van der Waals surface area contributed by atoms with Crippen LogP contribution in [0.5, 0.6) is 0 Å². The highest BCUT2D eigenvalue weighted by molar-refractivity contribution is 7.85. The molecule has 0 amide bonds. The van der Waals surface area contributed by atoms with Gasteiger partial charge < -0.3 is 24.8 Å². The van der Waals surface area contributed by atoms with Crippen LogP contribution < -0.4 is 15.1 Å². The quantitative estimate of drug-likeness (QED) is 0.563. The molecule has 174 valence electrons. The van der Waals surface area contributed by atoms with E-state index in [-0.39, 0.29) is 12.1 Å². The number of benzene rings is 1. The molecule has 0 radical (unpaired) electrons. The van der Waals surface area contributed by atoms with Crippen LogP contribution in [0.25, 0.3) is 11.0 Å². The minimum Gasteiger partial charge on any atom is -0.394 e. The summed E-state index contributed by atoms with van der Waals surface area (Å²) in [5.74, 6) is 2.81. The first-order chi connectivity index (χ1) is 16.0. The summed E-state index contributed by atoms with van der Waals surface area (Å²) in [6, 6.07) is 5.76. The molecule has 3 aliphatic rings. The van der Waals surface area contributed by atoms with Crippen LogP contribution in [-0.4, -0.2) is 72.9 Å². The van der Waals surface area contributed by atoms with Crippen molar-refractivity contribution in [2.75, 3.05) is 53.7 Å². The van der Waals surface area contributed by atoms with E-state index < -0.39 is 10.8 Å². The number of anilines is 3. The van der Waals surface area contributed by atoms with Gasteiger partial charge in [0.25, 0.3) is 0 Å². The maximum Gasteiger partial charge on any atom is 0.227 e. The van der Waals surface area contributed by atoms with Crippen LogP contribution in [0.1, 0.15) is 18.5 Å². The minimum absolute atomic E-state index is 0.0512. The highest BCUT2D eigenvalue weighted by atomic mass is 35.5. The molecule has 1 unspecified atom stereocenters. The molecule has 1 aliphatic carbocycles. The lowest BCUT2D eigenvalue weighted by Gasteiger charge is -2.35. The second kappa shape index (κ2) is 7.82. The van der Waals surface area contributed by atoms with E-state index in [2.05, 4.69) is 19.7 Å². The highest BCUT2D eigenvalue weighted by Gasteiger charge is 2.44. The predicted octanol–water partition coefficient (Wildman–Crippen LogP) is 1.94. The van der Waals surface area contributed by atoms with Gasteiger partial charge in [-0.15, -0.1) is 0 Å². The molecule has 1 saturated carbocycles. The van der Waals surface area contributed by atoms with Crippen LogP contribution in [0.2, 0.25) is 5.02 Å². The third-order valence-electron chi connectivity index (χ3n) is 6.88. The zero-order valence-electron chi connectivity index (χ0n) is 18.4. The van der Waals surface area contributed by atoms with Crippen LogP contribution in [-0.2, 0) is 24.3 Å². The predicted molar refractivity (Wildman–Crippen MR) is 130 cm³/mol. The summed E-state index contributed by atoms with van der Waals surface area (Å²) in [5.41, 5.74) is 2.49. The van der Waals surface area contributed by atoms with Crippen molar-refractivity contribution < 1.29 is 9.32 Å². The minimum atomic E-state index is -1.09. The van der Waals surface area contributed by atoms with Crippen LogP contribution in [0, 0.1) is 0 Å². The van der Waals surface area contributed by atoms with Crippen LogP contribution in [0.3, 0.4) is 0 Å². The molecule has 9 nitrogen and oxygen atoms in total. The van der Waals surface area contributed by atoms with Gasteiger partial charge in [-0.2, -0.15) is 4.98 Å². The fraction of sp³-hybridized carbons (Fsp3) is 0.500. The molecular formula is C22H26ClN7O2S. The molecule has 2 fully saturated rings. The van der Waals surface area contributed by atoms with Gasteiger partial charge in [0, 0.05) is 50.4 Å². The Labute approximate surface area is 199 Å². The average Bonchev–Trinajstić information content (AvgIpc) is 3.39. The number of rotatable bonds is 5. The van der Waals surface area contributed by atoms with Gasteiger partial charge in [-0.25, -0.2) is 9.97 Å². The Balaban J connectivity index is 1.24. The third kappa shape index (κ3) is 3.64. The van der Waals surface area contributed by atoms with Gasteiger partial charge in [0.1, 0.15) is 10.7 Å². The van der Waals surface area contributed by atoms with Crippen molar-refractivity contribution in [1.82, 2.24) is 19.5 Å². The Kier molecular flexibility index (Phi) is 5.00. The number of nitrogens with one attached hydrogen (secondary N) is 1. The lowest BCUT2D eigenvalue weighted by Crippen LogP contribution is -2.48. The smallest absolute Gasteiger partial charge is 0.227 e.